The van der Waals surface area contributed by atoms with Gasteiger partial charge in [-0.3, -0.25) is 9.69 Å². The van der Waals surface area contributed by atoms with Crippen molar-refractivity contribution in [3.8, 4) is 0 Å². The highest BCUT2D eigenvalue weighted by atomic mass is 16.4. The van der Waals surface area contributed by atoms with Gasteiger partial charge in [0, 0.05) is 12.1 Å². The Balaban J connectivity index is 2.26. The fraction of sp³-hybridized carbons (Fsp3) is 0.588. The number of hydrogen-bond donors (Lipinski definition) is 1. The molecule has 0 aliphatic heterocycles. The summed E-state index contributed by atoms with van der Waals surface area (Å²) in [4.78, 5) is 13.4. The van der Waals surface area contributed by atoms with Crippen molar-refractivity contribution in [1.82, 2.24) is 4.90 Å². The lowest BCUT2D eigenvalue weighted by atomic mass is 9.96. The fourth-order valence-corrected chi connectivity index (χ4v) is 3.45. The monoisotopic (exact) mass is 275 g/mol. The van der Waals surface area contributed by atoms with E-state index < -0.39 is 5.97 Å². The largest absolute Gasteiger partial charge is 0.481 e. The Hall–Kier alpha value is -1.35. The van der Waals surface area contributed by atoms with E-state index in [0.29, 0.717) is 6.04 Å². The summed E-state index contributed by atoms with van der Waals surface area (Å²) < 4.78 is 0. The molecule has 3 nitrogen and oxygen atoms in total. The molecule has 1 aromatic rings. The maximum atomic E-state index is 11.0. The van der Waals surface area contributed by atoms with Crippen molar-refractivity contribution in [2.75, 3.05) is 6.54 Å². The number of rotatable bonds is 5. The topological polar surface area (TPSA) is 40.5 Å². The summed E-state index contributed by atoms with van der Waals surface area (Å²) in [6.45, 7) is 5.06. The number of benzene rings is 1. The molecule has 1 N–H and O–H groups in total. The van der Waals surface area contributed by atoms with Gasteiger partial charge in [-0.25, -0.2) is 0 Å². The van der Waals surface area contributed by atoms with Gasteiger partial charge in [0.25, 0.3) is 0 Å². The number of fused-ring (bicyclic) bond motifs is 1. The van der Waals surface area contributed by atoms with Crippen molar-refractivity contribution in [2.24, 2.45) is 0 Å². The first-order valence-corrected chi connectivity index (χ1v) is 7.68. The molecule has 0 radical (unpaired) electrons. The maximum Gasteiger partial charge on any atom is 0.304 e. The summed E-state index contributed by atoms with van der Waals surface area (Å²) >= 11 is 0. The minimum Gasteiger partial charge on any atom is -0.481 e. The minimum absolute atomic E-state index is 0.0775. The van der Waals surface area contributed by atoms with Crippen LogP contribution in [0.2, 0.25) is 0 Å². The van der Waals surface area contributed by atoms with Crippen LogP contribution in [-0.4, -0.2) is 28.6 Å². The quantitative estimate of drug-likeness (QED) is 0.834. The summed E-state index contributed by atoms with van der Waals surface area (Å²) in [6.07, 6.45) is 4.95. The van der Waals surface area contributed by atoms with E-state index in [4.69, 9.17) is 5.11 Å². The third-order valence-corrected chi connectivity index (χ3v) is 4.39. The molecule has 3 heteroatoms. The summed E-state index contributed by atoms with van der Waals surface area (Å²) in [5, 5.41) is 9.05. The van der Waals surface area contributed by atoms with Crippen LogP contribution in [0.4, 0.5) is 0 Å². The Morgan fingerprint density at radius 2 is 2.15 bits per heavy atom. The van der Waals surface area contributed by atoms with Crippen LogP contribution in [0, 0.1) is 0 Å². The Bertz CT molecular complexity index is 458. The number of carboxylic acid groups (broad SMARTS) is 1. The first kappa shape index (κ1) is 15.0. The Morgan fingerprint density at radius 1 is 1.40 bits per heavy atom. The number of hydrogen-bond acceptors (Lipinski definition) is 2. The highest BCUT2D eigenvalue weighted by molar-refractivity contribution is 5.67. The van der Waals surface area contributed by atoms with Crippen LogP contribution in [0.1, 0.15) is 56.7 Å². The van der Waals surface area contributed by atoms with E-state index in [1.54, 1.807) is 0 Å². The van der Waals surface area contributed by atoms with Crippen LogP contribution in [0.25, 0.3) is 0 Å². The normalized spacial score (nSPS) is 20.2. The van der Waals surface area contributed by atoms with Gasteiger partial charge in [0.05, 0.1) is 6.42 Å². The van der Waals surface area contributed by atoms with E-state index in [1.165, 1.54) is 24.0 Å². The van der Waals surface area contributed by atoms with Gasteiger partial charge in [-0.05, 0) is 43.9 Å². The highest BCUT2D eigenvalue weighted by Crippen LogP contribution is 2.34. The van der Waals surface area contributed by atoms with Crippen LogP contribution >= 0.6 is 0 Å². The molecule has 1 aliphatic carbocycles. The van der Waals surface area contributed by atoms with E-state index in [-0.39, 0.29) is 12.5 Å². The van der Waals surface area contributed by atoms with Gasteiger partial charge < -0.3 is 5.11 Å². The molecule has 20 heavy (non-hydrogen) atoms. The summed E-state index contributed by atoms with van der Waals surface area (Å²) in [6, 6.07) is 9.11. The SMILES string of the molecule is CCN(C(C)CC(=O)O)C1CCCCc2ccccc21. The lowest BCUT2D eigenvalue weighted by Crippen LogP contribution is -2.38. The third-order valence-electron chi connectivity index (χ3n) is 4.39. The molecule has 0 spiro atoms. The van der Waals surface area contributed by atoms with Gasteiger partial charge in [0.15, 0.2) is 0 Å². The molecular weight excluding hydrogens is 250 g/mol. The maximum absolute atomic E-state index is 11.0. The number of aryl methyl sites for hydroxylation is 1. The Labute approximate surface area is 121 Å². The molecule has 2 atom stereocenters. The average Bonchev–Trinajstić information content (AvgIpc) is 2.62. The van der Waals surface area contributed by atoms with Crippen molar-refractivity contribution in [3.63, 3.8) is 0 Å². The van der Waals surface area contributed by atoms with Gasteiger partial charge in [0.2, 0.25) is 0 Å². The second-order valence-corrected chi connectivity index (χ2v) is 5.74. The van der Waals surface area contributed by atoms with Crippen molar-refractivity contribution >= 4 is 5.97 Å². The van der Waals surface area contributed by atoms with Crippen LogP contribution in [0.15, 0.2) is 24.3 Å². The number of nitrogens with zero attached hydrogens (tertiary/aromatic N) is 1. The van der Waals surface area contributed by atoms with E-state index in [2.05, 4.69) is 36.1 Å². The molecule has 0 heterocycles. The zero-order valence-electron chi connectivity index (χ0n) is 12.5. The van der Waals surface area contributed by atoms with Crippen LogP contribution in [0.3, 0.4) is 0 Å². The molecule has 2 rings (SSSR count). The molecule has 0 saturated carbocycles. The first-order valence-electron chi connectivity index (χ1n) is 7.68. The van der Waals surface area contributed by atoms with Gasteiger partial charge in [0.1, 0.15) is 0 Å². The molecule has 0 fully saturated rings. The lowest BCUT2D eigenvalue weighted by molar-refractivity contribution is -0.138. The standard InChI is InChI=1S/C17H25NO2/c1-3-18(13(2)12-17(19)20)16-11-7-5-9-14-8-4-6-10-15(14)16/h4,6,8,10,13,16H,3,5,7,9,11-12H2,1-2H3,(H,19,20). The van der Waals surface area contributed by atoms with E-state index in [1.807, 2.05) is 6.92 Å². The second-order valence-electron chi connectivity index (χ2n) is 5.74. The lowest BCUT2D eigenvalue weighted by Gasteiger charge is -2.35. The second kappa shape index (κ2) is 6.89. The predicted molar refractivity (Wildman–Crippen MR) is 80.8 cm³/mol. The zero-order valence-corrected chi connectivity index (χ0v) is 12.5. The van der Waals surface area contributed by atoms with Gasteiger partial charge in [-0.2, -0.15) is 0 Å². The molecular formula is C17H25NO2. The minimum atomic E-state index is -0.710. The van der Waals surface area contributed by atoms with Gasteiger partial charge >= 0.3 is 5.97 Å². The van der Waals surface area contributed by atoms with E-state index >= 15 is 0 Å². The predicted octanol–water partition coefficient (Wildman–Crippen LogP) is 3.64. The van der Waals surface area contributed by atoms with Crippen LogP contribution < -0.4 is 0 Å². The molecule has 1 aromatic carbocycles. The smallest absolute Gasteiger partial charge is 0.304 e. The van der Waals surface area contributed by atoms with Gasteiger partial charge in [-0.1, -0.05) is 37.6 Å². The average molecular weight is 275 g/mol. The number of carbonyl (C=O) groups is 1. The van der Waals surface area contributed by atoms with Crippen molar-refractivity contribution in [2.45, 2.75) is 58.0 Å². The Kier molecular flexibility index (Phi) is 5.18. The van der Waals surface area contributed by atoms with Crippen molar-refractivity contribution in [3.05, 3.63) is 35.4 Å². The Morgan fingerprint density at radius 3 is 2.85 bits per heavy atom. The van der Waals surface area contributed by atoms with Crippen LogP contribution in [0.5, 0.6) is 0 Å². The highest BCUT2D eigenvalue weighted by Gasteiger charge is 2.27. The number of carboxylic acids is 1. The summed E-state index contributed by atoms with van der Waals surface area (Å²) in [5.74, 6) is -0.710. The molecule has 0 amide bonds. The van der Waals surface area contributed by atoms with Crippen molar-refractivity contribution < 1.29 is 9.90 Å². The van der Waals surface area contributed by atoms with E-state index in [9.17, 15) is 4.79 Å². The fourth-order valence-electron chi connectivity index (χ4n) is 3.45. The number of aliphatic carboxylic acids is 1. The molecule has 0 aromatic heterocycles. The molecule has 2 unspecified atom stereocenters. The summed E-state index contributed by atoms with van der Waals surface area (Å²) in [5.41, 5.74) is 2.85. The molecule has 1 aliphatic rings. The summed E-state index contributed by atoms with van der Waals surface area (Å²) in [7, 11) is 0. The molecule has 110 valence electrons. The first-order chi connectivity index (χ1) is 9.63. The molecule has 0 bridgehead atoms. The molecule has 0 saturated heterocycles. The van der Waals surface area contributed by atoms with Crippen LogP contribution in [-0.2, 0) is 11.2 Å². The van der Waals surface area contributed by atoms with Gasteiger partial charge in [-0.15, -0.1) is 0 Å². The third kappa shape index (κ3) is 3.40. The van der Waals surface area contributed by atoms with Crippen molar-refractivity contribution in [1.29, 1.82) is 0 Å². The van der Waals surface area contributed by atoms with E-state index in [0.717, 1.165) is 19.4 Å². The zero-order chi connectivity index (χ0) is 14.5.